The molecular formula is C17H15N3O2S. The van der Waals surface area contributed by atoms with Crippen LogP contribution in [0.25, 0.3) is 11.1 Å². The summed E-state index contributed by atoms with van der Waals surface area (Å²) in [5.74, 6) is -0.204. The van der Waals surface area contributed by atoms with Crippen LogP contribution in [0.2, 0.25) is 0 Å². The van der Waals surface area contributed by atoms with E-state index < -0.39 is 0 Å². The monoisotopic (exact) mass is 325 g/mol. The Bertz CT molecular complexity index is 785. The number of nitrogens with one attached hydrogen (secondary N) is 1. The minimum Gasteiger partial charge on any atom is -0.377 e. The number of ether oxygens (including phenoxy) is 1. The van der Waals surface area contributed by atoms with E-state index >= 15 is 0 Å². The third-order valence-electron chi connectivity index (χ3n) is 3.21. The van der Waals surface area contributed by atoms with Gasteiger partial charge in [0.05, 0.1) is 0 Å². The van der Waals surface area contributed by atoms with Crippen molar-refractivity contribution in [2.75, 3.05) is 12.4 Å². The second-order valence-corrected chi connectivity index (χ2v) is 5.89. The van der Waals surface area contributed by atoms with Crippen LogP contribution < -0.4 is 5.32 Å². The first-order chi connectivity index (χ1) is 11.3. The van der Waals surface area contributed by atoms with Gasteiger partial charge in [-0.05, 0) is 23.3 Å². The SMILES string of the molecule is COCc1nnc(NC(=O)c2ccc(-c3ccccc3)cc2)s1. The molecule has 0 atom stereocenters. The third kappa shape index (κ3) is 3.80. The van der Waals surface area contributed by atoms with E-state index in [9.17, 15) is 4.79 Å². The summed E-state index contributed by atoms with van der Waals surface area (Å²) < 4.78 is 4.98. The fraction of sp³-hybridized carbons (Fsp3) is 0.118. The number of carbonyl (C=O) groups is 1. The summed E-state index contributed by atoms with van der Waals surface area (Å²) >= 11 is 1.30. The molecule has 6 heteroatoms. The largest absolute Gasteiger partial charge is 0.377 e. The van der Waals surface area contributed by atoms with E-state index in [1.807, 2.05) is 42.5 Å². The van der Waals surface area contributed by atoms with Gasteiger partial charge in [-0.1, -0.05) is 53.8 Å². The van der Waals surface area contributed by atoms with Crippen molar-refractivity contribution in [1.29, 1.82) is 0 Å². The zero-order valence-electron chi connectivity index (χ0n) is 12.5. The summed E-state index contributed by atoms with van der Waals surface area (Å²) in [4.78, 5) is 12.2. The van der Waals surface area contributed by atoms with Gasteiger partial charge in [0.15, 0.2) is 0 Å². The lowest BCUT2D eigenvalue weighted by molar-refractivity contribution is 0.102. The Hall–Kier alpha value is -2.57. The quantitative estimate of drug-likeness (QED) is 0.778. The highest BCUT2D eigenvalue weighted by atomic mass is 32.1. The molecule has 2 aromatic carbocycles. The van der Waals surface area contributed by atoms with Gasteiger partial charge in [0.1, 0.15) is 11.6 Å². The highest BCUT2D eigenvalue weighted by Crippen LogP contribution is 2.20. The number of carbonyl (C=O) groups excluding carboxylic acids is 1. The van der Waals surface area contributed by atoms with Crippen molar-refractivity contribution in [3.63, 3.8) is 0 Å². The van der Waals surface area contributed by atoms with Crippen molar-refractivity contribution < 1.29 is 9.53 Å². The van der Waals surface area contributed by atoms with Gasteiger partial charge >= 0.3 is 0 Å². The molecule has 116 valence electrons. The number of hydrogen-bond acceptors (Lipinski definition) is 5. The fourth-order valence-electron chi connectivity index (χ4n) is 2.10. The normalized spacial score (nSPS) is 10.5. The average molecular weight is 325 g/mol. The molecule has 5 nitrogen and oxygen atoms in total. The van der Waals surface area contributed by atoms with E-state index in [0.29, 0.717) is 17.3 Å². The van der Waals surface area contributed by atoms with Gasteiger partial charge in [-0.25, -0.2) is 0 Å². The van der Waals surface area contributed by atoms with Crippen LogP contribution in [0.4, 0.5) is 5.13 Å². The number of nitrogens with zero attached hydrogens (tertiary/aromatic N) is 2. The maximum absolute atomic E-state index is 12.2. The maximum atomic E-state index is 12.2. The van der Waals surface area contributed by atoms with Gasteiger partial charge in [-0.15, -0.1) is 10.2 Å². The van der Waals surface area contributed by atoms with Crippen molar-refractivity contribution in [3.8, 4) is 11.1 Å². The summed E-state index contributed by atoms with van der Waals surface area (Å²) in [6, 6.07) is 17.5. The van der Waals surface area contributed by atoms with Crippen LogP contribution in [-0.2, 0) is 11.3 Å². The predicted molar refractivity (Wildman–Crippen MR) is 90.5 cm³/mol. The van der Waals surface area contributed by atoms with Gasteiger partial charge in [-0.2, -0.15) is 0 Å². The van der Waals surface area contributed by atoms with Crippen LogP contribution in [0.3, 0.4) is 0 Å². The highest BCUT2D eigenvalue weighted by Gasteiger charge is 2.10. The molecule has 3 rings (SSSR count). The maximum Gasteiger partial charge on any atom is 0.257 e. The number of anilines is 1. The smallest absolute Gasteiger partial charge is 0.257 e. The molecule has 0 spiro atoms. The molecule has 0 saturated heterocycles. The molecule has 0 fully saturated rings. The zero-order valence-corrected chi connectivity index (χ0v) is 13.3. The molecule has 0 aliphatic carbocycles. The summed E-state index contributed by atoms with van der Waals surface area (Å²) in [5.41, 5.74) is 2.77. The number of methoxy groups -OCH3 is 1. The van der Waals surface area contributed by atoms with E-state index in [0.717, 1.165) is 16.1 Å². The highest BCUT2D eigenvalue weighted by molar-refractivity contribution is 7.15. The lowest BCUT2D eigenvalue weighted by Crippen LogP contribution is -2.11. The van der Waals surface area contributed by atoms with Crippen molar-refractivity contribution >= 4 is 22.4 Å². The van der Waals surface area contributed by atoms with Crippen molar-refractivity contribution in [3.05, 3.63) is 65.2 Å². The Morgan fingerprint density at radius 1 is 1.04 bits per heavy atom. The minimum atomic E-state index is -0.204. The topological polar surface area (TPSA) is 64.1 Å². The lowest BCUT2D eigenvalue weighted by atomic mass is 10.0. The predicted octanol–water partition coefficient (Wildman–Crippen LogP) is 3.60. The Balaban J connectivity index is 1.70. The molecule has 0 aliphatic heterocycles. The van der Waals surface area contributed by atoms with E-state index in [1.54, 1.807) is 19.2 Å². The summed E-state index contributed by atoms with van der Waals surface area (Å²) in [6.45, 7) is 0.388. The van der Waals surface area contributed by atoms with Gasteiger partial charge in [0.2, 0.25) is 5.13 Å². The summed E-state index contributed by atoms with van der Waals surface area (Å²) in [6.07, 6.45) is 0. The van der Waals surface area contributed by atoms with E-state index in [2.05, 4.69) is 15.5 Å². The molecule has 23 heavy (non-hydrogen) atoms. The number of aromatic nitrogens is 2. The van der Waals surface area contributed by atoms with Crippen LogP contribution in [0, 0.1) is 0 Å². The van der Waals surface area contributed by atoms with Crippen LogP contribution >= 0.6 is 11.3 Å². The molecule has 0 radical (unpaired) electrons. The standard InChI is InChI=1S/C17H15N3O2S/c1-22-11-15-19-20-17(23-15)18-16(21)14-9-7-13(8-10-14)12-5-3-2-4-6-12/h2-10H,11H2,1H3,(H,18,20,21). The average Bonchev–Trinajstić information content (AvgIpc) is 3.03. The molecule has 1 heterocycles. The summed E-state index contributed by atoms with van der Waals surface area (Å²) in [7, 11) is 1.59. The molecule has 0 saturated carbocycles. The van der Waals surface area contributed by atoms with E-state index in [-0.39, 0.29) is 5.91 Å². The molecule has 0 bridgehead atoms. The van der Waals surface area contributed by atoms with Crippen LogP contribution in [0.15, 0.2) is 54.6 Å². The Labute approximate surface area is 138 Å². The molecule has 1 aromatic heterocycles. The number of rotatable bonds is 5. The zero-order chi connectivity index (χ0) is 16.1. The first-order valence-electron chi connectivity index (χ1n) is 7.04. The number of benzene rings is 2. The molecule has 1 amide bonds. The first kappa shape index (κ1) is 15.3. The second kappa shape index (κ2) is 7.13. The van der Waals surface area contributed by atoms with Gasteiger partial charge in [-0.3, -0.25) is 10.1 Å². The number of hydrogen-bond donors (Lipinski definition) is 1. The Kier molecular flexibility index (Phi) is 4.75. The van der Waals surface area contributed by atoms with Gasteiger partial charge in [0.25, 0.3) is 5.91 Å². The van der Waals surface area contributed by atoms with Crippen molar-refractivity contribution in [1.82, 2.24) is 10.2 Å². The van der Waals surface area contributed by atoms with Crippen LogP contribution in [0.5, 0.6) is 0 Å². The van der Waals surface area contributed by atoms with Crippen LogP contribution in [0.1, 0.15) is 15.4 Å². The van der Waals surface area contributed by atoms with Crippen molar-refractivity contribution in [2.45, 2.75) is 6.61 Å². The van der Waals surface area contributed by atoms with E-state index in [4.69, 9.17) is 4.74 Å². The molecule has 0 aliphatic rings. The Morgan fingerprint density at radius 3 is 2.43 bits per heavy atom. The lowest BCUT2D eigenvalue weighted by Gasteiger charge is -2.04. The molecular weight excluding hydrogens is 310 g/mol. The molecule has 0 unspecified atom stereocenters. The van der Waals surface area contributed by atoms with Gasteiger partial charge in [0, 0.05) is 12.7 Å². The minimum absolute atomic E-state index is 0.204. The van der Waals surface area contributed by atoms with E-state index in [1.165, 1.54) is 11.3 Å². The van der Waals surface area contributed by atoms with Crippen molar-refractivity contribution in [2.24, 2.45) is 0 Å². The third-order valence-corrected chi connectivity index (χ3v) is 4.02. The van der Waals surface area contributed by atoms with Gasteiger partial charge < -0.3 is 4.74 Å². The first-order valence-corrected chi connectivity index (χ1v) is 7.86. The second-order valence-electron chi connectivity index (χ2n) is 4.83. The molecule has 1 N–H and O–H groups in total. The Morgan fingerprint density at radius 2 is 1.74 bits per heavy atom. The fourth-order valence-corrected chi connectivity index (χ4v) is 2.81. The van der Waals surface area contributed by atoms with Crippen LogP contribution in [-0.4, -0.2) is 23.2 Å². The molecule has 3 aromatic rings. The summed E-state index contributed by atoms with van der Waals surface area (Å²) in [5, 5.41) is 11.8. The number of amides is 1.